The third kappa shape index (κ3) is 5.11. The van der Waals surface area contributed by atoms with Crippen molar-refractivity contribution in [3.63, 3.8) is 0 Å². The van der Waals surface area contributed by atoms with Gasteiger partial charge in [0.25, 0.3) is 0 Å². The SMILES string of the molecule is NC(C(=O)OCc1ccccc1)C1CN(Cc2ccc(F)cc2)CCO1. The van der Waals surface area contributed by atoms with E-state index in [1.165, 1.54) is 12.1 Å². The number of carbonyl (C=O) groups excluding carboxylic acids is 1. The van der Waals surface area contributed by atoms with Crippen molar-refractivity contribution < 1.29 is 18.7 Å². The van der Waals surface area contributed by atoms with Crippen molar-refractivity contribution in [3.8, 4) is 0 Å². The lowest BCUT2D eigenvalue weighted by Gasteiger charge is -2.34. The summed E-state index contributed by atoms with van der Waals surface area (Å²) in [7, 11) is 0. The number of esters is 1. The van der Waals surface area contributed by atoms with E-state index in [9.17, 15) is 9.18 Å². The lowest BCUT2D eigenvalue weighted by Crippen LogP contribution is -2.53. The van der Waals surface area contributed by atoms with Crippen LogP contribution in [0.2, 0.25) is 0 Å². The molecule has 5 nitrogen and oxygen atoms in total. The van der Waals surface area contributed by atoms with Crippen LogP contribution in [0.4, 0.5) is 4.39 Å². The highest BCUT2D eigenvalue weighted by atomic mass is 19.1. The van der Waals surface area contributed by atoms with Crippen molar-refractivity contribution in [2.24, 2.45) is 5.73 Å². The molecule has 0 spiro atoms. The molecule has 2 unspecified atom stereocenters. The Kier molecular flexibility index (Phi) is 6.33. The van der Waals surface area contributed by atoms with Crippen molar-refractivity contribution in [2.75, 3.05) is 19.7 Å². The number of ether oxygens (including phenoxy) is 2. The van der Waals surface area contributed by atoms with E-state index in [4.69, 9.17) is 15.2 Å². The number of morpholine rings is 1. The number of nitrogens with two attached hydrogens (primary N) is 1. The van der Waals surface area contributed by atoms with Gasteiger partial charge in [-0.2, -0.15) is 0 Å². The Morgan fingerprint density at radius 1 is 1.19 bits per heavy atom. The van der Waals surface area contributed by atoms with Gasteiger partial charge in [0.05, 0.1) is 12.7 Å². The lowest BCUT2D eigenvalue weighted by molar-refractivity contribution is -0.152. The molecular formula is C20H23FN2O3. The molecule has 1 fully saturated rings. The molecule has 0 bridgehead atoms. The molecule has 2 aromatic rings. The molecule has 1 aliphatic rings. The van der Waals surface area contributed by atoms with E-state index in [1.54, 1.807) is 12.1 Å². The molecule has 2 aromatic carbocycles. The van der Waals surface area contributed by atoms with Gasteiger partial charge in [-0.1, -0.05) is 42.5 Å². The van der Waals surface area contributed by atoms with E-state index in [1.807, 2.05) is 30.3 Å². The molecule has 0 aliphatic carbocycles. The maximum Gasteiger partial charge on any atom is 0.326 e. The number of halogens is 1. The minimum Gasteiger partial charge on any atom is -0.460 e. The smallest absolute Gasteiger partial charge is 0.326 e. The van der Waals surface area contributed by atoms with Gasteiger partial charge < -0.3 is 15.2 Å². The van der Waals surface area contributed by atoms with Gasteiger partial charge in [-0.3, -0.25) is 9.69 Å². The van der Waals surface area contributed by atoms with Crippen molar-refractivity contribution in [3.05, 3.63) is 71.5 Å². The molecule has 138 valence electrons. The lowest BCUT2D eigenvalue weighted by atomic mass is 10.1. The Bertz CT molecular complexity index is 709. The van der Waals surface area contributed by atoms with E-state index in [-0.39, 0.29) is 12.4 Å². The zero-order valence-corrected chi connectivity index (χ0v) is 14.5. The Hall–Kier alpha value is -2.28. The van der Waals surface area contributed by atoms with Gasteiger partial charge in [-0.25, -0.2) is 4.39 Å². The molecule has 2 N–H and O–H groups in total. The van der Waals surface area contributed by atoms with Gasteiger partial charge in [0.15, 0.2) is 0 Å². The molecule has 1 aliphatic heterocycles. The first-order valence-corrected chi connectivity index (χ1v) is 8.66. The predicted octanol–water partition coefficient (Wildman–Crippen LogP) is 2.10. The molecular weight excluding hydrogens is 335 g/mol. The summed E-state index contributed by atoms with van der Waals surface area (Å²) in [6, 6.07) is 15.0. The van der Waals surface area contributed by atoms with Gasteiger partial charge in [0, 0.05) is 19.6 Å². The highest BCUT2D eigenvalue weighted by Crippen LogP contribution is 2.14. The van der Waals surface area contributed by atoms with Crippen LogP contribution < -0.4 is 5.73 Å². The Morgan fingerprint density at radius 3 is 2.65 bits per heavy atom. The number of rotatable bonds is 6. The maximum atomic E-state index is 13.0. The first-order valence-electron chi connectivity index (χ1n) is 8.66. The summed E-state index contributed by atoms with van der Waals surface area (Å²) in [5.74, 6) is -0.723. The summed E-state index contributed by atoms with van der Waals surface area (Å²) in [6.45, 7) is 2.61. The molecule has 3 rings (SSSR count). The Balaban J connectivity index is 1.51. The van der Waals surface area contributed by atoms with E-state index in [2.05, 4.69) is 4.90 Å². The third-order valence-corrected chi connectivity index (χ3v) is 4.39. The van der Waals surface area contributed by atoms with Crippen LogP contribution in [0.3, 0.4) is 0 Å². The standard InChI is InChI=1S/C20H23FN2O3/c21-17-8-6-15(7-9-17)12-23-10-11-25-18(13-23)19(22)20(24)26-14-16-4-2-1-3-5-16/h1-9,18-19H,10-14,22H2. The topological polar surface area (TPSA) is 64.8 Å². The molecule has 0 saturated carbocycles. The quantitative estimate of drug-likeness (QED) is 0.801. The second-order valence-electron chi connectivity index (χ2n) is 6.39. The summed E-state index contributed by atoms with van der Waals surface area (Å²) in [5, 5.41) is 0. The first kappa shape index (κ1) is 18.5. The molecule has 1 saturated heterocycles. The number of benzene rings is 2. The summed E-state index contributed by atoms with van der Waals surface area (Å²) in [5.41, 5.74) is 7.98. The minimum atomic E-state index is -0.838. The van der Waals surface area contributed by atoms with Crippen molar-refractivity contribution in [1.82, 2.24) is 4.90 Å². The maximum absolute atomic E-state index is 13.0. The van der Waals surface area contributed by atoms with Crippen LogP contribution in [-0.4, -0.2) is 42.7 Å². The Labute approximate surface area is 152 Å². The molecule has 0 radical (unpaired) electrons. The van der Waals surface area contributed by atoms with E-state index in [0.29, 0.717) is 19.7 Å². The summed E-state index contributed by atoms with van der Waals surface area (Å²) < 4.78 is 24.0. The monoisotopic (exact) mass is 358 g/mol. The predicted molar refractivity (Wildman–Crippen MR) is 95.6 cm³/mol. The largest absolute Gasteiger partial charge is 0.460 e. The fraction of sp³-hybridized carbons (Fsp3) is 0.350. The molecule has 0 aromatic heterocycles. The highest BCUT2D eigenvalue weighted by Gasteiger charge is 2.31. The van der Waals surface area contributed by atoms with E-state index < -0.39 is 18.1 Å². The van der Waals surface area contributed by atoms with Crippen LogP contribution in [0.1, 0.15) is 11.1 Å². The Morgan fingerprint density at radius 2 is 1.92 bits per heavy atom. The van der Waals surface area contributed by atoms with Gasteiger partial charge in [0.2, 0.25) is 0 Å². The summed E-state index contributed by atoms with van der Waals surface area (Å²) >= 11 is 0. The van der Waals surface area contributed by atoms with Crippen LogP contribution in [0, 0.1) is 5.82 Å². The van der Waals surface area contributed by atoms with Crippen LogP contribution in [0.5, 0.6) is 0 Å². The number of hydrogen-bond donors (Lipinski definition) is 1. The summed E-state index contributed by atoms with van der Waals surface area (Å²) in [4.78, 5) is 14.4. The number of hydrogen-bond acceptors (Lipinski definition) is 5. The van der Waals surface area contributed by atoms with Crippen molar-refractivity contribution in [1.29, 1.82) is 0 Å². The van der Waals surface area contributed by atoms with Gasteiger partial charge in [0.1, 0.15) is 18.5 Å². The normalized spacial score (nSPS) is 19.1. The van der Waals surface area contributed by atoms with Crippen LogP contribution >= 0.6 is 0 Å². The highest BCUT2D eigenvalue weighted by molar-refractivity contribution is 5.76. The average Bonchev–Trinajstić information content (AvgIpc) is 2.68. The summed E-state index contributed by atoms with van der Waals surface area (Å²) in [6.07, 6.45) is -0.424. The molecule has 26 heavy (non-hydrogen) atoms. The van der Waals surface area contributed by atoms with Crippen LogP contribution in [-0.2, 0) is 27.4 Å². The van der Waals surface area contributed by atoms with E-state index in [0.717, 1.165) is 17.7 Å². The van der Waals surface area contributed by atoms with Crippen molar-refractivity contribution >= 4 is 5.97 Å². The molecule has 0 amide bonds. The van der Waals surface area contributed by atoms with Gasteiger partial charge in [-0.05, 0) is 23.3 Å². The zero-order valence-electron chi connectivity index (χ0n) is 14.5. The van der Waals surface area contributed by atoms with Gasteiger partial charge in [-0.15, -0.1) is 0 Å². The molecule has 1 heterocycles. The van der Waals surface area contributed by atoms with Gasteiger partial charge >= 0.3 is 5.97 Å². The zero-order chi connectivity index (χ0) is 18.4. The second-order valence-corrected chi connectivity index (χ2v) is 6.39. The minimum absolute atomic E-state index is 0.194. The van der Waals surface area contributed by atoms with Crippen LogP contribution in [0.15, 0.2) is 54.6 Å². The first-order chi connectivity index (χ1) is 12.6. The molecule has 6 heteroatoms. The number of carbonyl (C=O) groups is 1. The van der Waals surface area contributed by atoms with Crippen molar-refractivity contribution in [2.45, 2.75) is 25.3 Å². The number of nitrogens with zero attached hydrogens (tertiary/aromatic N) is 1. The third-order valence-electron chi connectivity index (χ3n) is 4.39. The molecule has 2 atom stereocenters. The van der Waals surface area contributed by atoms with Crippen LogP contribution in [0.25, 0.3) is 0 Å². The fourth-order valence-corrected chi connectivity index (χ4v) is 2.92. The fourth-order valence-electron chi connectivity index (χ4n) is 2.92. The second kappa shape index (κ2) is 8.89. The van der Waals surface area contributed by atoms with E-state index >= 15 is 0 Å². The average molecular weight is 358 g/mol.